The highest BCUT2D eigenvalue weighted by Gasteiger charge is 2.30. The van der Waals surface area contributed by atoms with Crippen LogP contribution < -0.4 is 14.8 Å². The molecule has 1 N–H and O–H groups in total. The maximum absolute atomic E-state index is 5.55. The molecule has 0 bridgehead atoms. The second-order valence-corrected chi connectivity index (χ2v) is 4.81. The van der Waals surface area contributed by atoms with Crippen molar-refractivity contribution in [3.8, 4) is 11.5 Å². The Balaban J connectivity index is 2.33. The van der Waals surface area contributed by atoms with Crippen molar-refractivity contribution >= 4 is 0 Å². The van der Waals surface area contributed by atoms with Gasteiger partial charge < -0.3 is 14.8 Å². The number of benzene rings is 1. The van der Waals surface area contributed by atoms with Crippen molar-refractivity contribution in [2.75, 3.05) is 20.8 Å². The summed E-state index contributed by atoms with van der Waals surface area (Å²) in [4.78, 5) is 0. The summed E-state index contributed by atoms with van der Waals surface area (Å²) in [5.41, 5.74) is 1.23. The summed E-state index contributed by atoms with van der Waals surface area (Å²) in [7, 11) is 3.40. The third-order valence-corrected chi connectivity index (χ3v) is 3.81. The maximum Gasteiger partial charge on any atom is 0.165 e. The number of ether oxygens (including phenoxy) is 2. The molecule has 1 saturated carbocycles. The van der Waals surface area contributed by atoms with E-state index in [9.17, 15) is 0 Å². The van der Waals surface area contributed by atoms with Gasteiger partial charge in [-0.3, -0.25) is 0 Å². The number of methoxy groups -OCH3 is 2. The van der Waals surface area contributed by atoms with E-state index in [-0.39, 0.29) is 0 Å². The van der Waals surface area contributed by atoms with Crippen LogP contribution in [-0.2, 0) is 0 Å². The first kappa shape index (κ1) is 13.2. The van der Waals surface area contributed by atoms with E-state index in [2.05, 4.69) is 18.3 Å². The fourth-order valence-electron chi connectivity index (χ4n) is 2.68. The zero-order valence-corrected chi connectivity index (χ0v) is 11.5. The minimum absolute atomic E-state index is 0.383. The third-order valence-electron chi connectivity index (χ3n) is 3.81. The van der Waals surface area contributed by atoms with Crippen LogP contribution in [0.2, 0.25) is 0 Å². The monoisotopic (exact) mass is 249 g/mol. The fraction of sp³-hybridized carbons (Fsp3) is 0.600. The molecule has 1 aliphatic rings. The molecule has 1 aromatic carbocycles. The van der Waals surface area contributed by atoms with E-state index >= 15 is 0 Å². The number of nitrogens with one attached hydrogen (secondary N) is 1. The van der Waals surface area contributed by atoms with Crippen LogP contribution in [0.25, 0.3) is 0 Å². The molecule has 1 atom stereocenters. The van der Waals surface area contributed by atoms with Gasteiger partial charge in [-0.1, -0.05) is 25.5 Å². The van der Waals surface area contributed by atoms with Crippen LogP contribution in [0, 0.1) is 5.92 Å². The second-order valence-electron chi connectivity index (χ2n) is 4.81. The molecule has 0 amide bonds. The molecule has 1 fully saturated rings. The predicted molar refractivity (Wildman–Crippen MR) is 73.3 cm³/mol. The van der Waals surface area contributed by atoms with Gasteiger partial charge in [-0.15, -0.1) is 0 Å². The van der Waals surface area contributed by atoms with Crippen molar-refractivity contribution in [2.24, 2.45) is 5.92 Å². The van der Waals surface area contributed by atoms with Gasteiger partial charge in [0.1, 0.15) is 0 Å². The molecule has 100 valence electrons. The van der Waals surface area contributed by atoms with Crippen LogP contribution in [0.15, 0.2) is 18.2 Å². The number of hydrogen-bond donors (Lipinski definition) is 1. The lowest BCUT2D eigenvalue weighted by Gasteiger charge is -2.35. The van der Waals surface area contributed by atoms with Crippen LogP contribution >= 0.6 is 0 Å². The van der Waals surface area contributed by atoms with Crippen LogP contribution in [0.5, 0.6) is 11.5 Å². The molecular formula is C15H23NO2. The molecule has 0 heterocycles. The average molecular weight is 249 g/mol. The first-order valence-electron chi connectivity index (χ1n) is 6.76. The van der Waals surface area contributed by atoms with Crippen molar-refractivity contribution in [1.29, 1.82) is 0 Å². The summed E-state index contributed by atoms with van der Waals surface area (Å²) in [5.74, 6) is 2.42. The molecule has 18 heavy (non-hydrogen) atoms. The second kappa shape index (κ2) is 6.10. The largest absolute Gasteiger partial charge is 0.493 e. The van der Waals surface area contributed by atoms with Gasteiger partial charge in [-0.25, -0.2) is 0 Å². The summed E-state index contributed by atoms with van der Waals surface area (Å²) in [5, 5.41) is 3.59. The highest BCUT2D eigenvalue weighted by atomic mass is 16.5. The zero-order chi connectivity index (χ0) is 13.0. The Morgan fingerprint density at radius 3 is 2.56 bits per heavy atom. The minimum atomic E-state index is 0.383. The Hall–Kier alpha value is -1.22. The molecule has 1 aromatic rings. The Labute approximate surface area is 109 Å². The highest BCUT2D eigenvalue weighted by Crippen LogP contribution is 2.43. The van der Waals surface area contributed by atoms with Gasteiger partial charge in [0.25, 0.3) is 0 Å². The molecule has 0 aliphatic heterocycles. The van der Waals surface area contributed by atoms with Gasteiger partial charge in [0.2, 0.25) is 0 Å². The summed E-state index contributed by atoms with van der Waals surface area (Å²) >= 11 is 0. The van der Waals surface area contributed by atoms with E-state index in [1.54, 1.807) is 14.2 Å². The standard InChI is InChI=1S/C15H23NO2/c1-4-16-14(11-7-5-8-11)12-9-6-10-13(17-2)15(12)18-3/h6,9-11,14,16H,4-5,7-8H2,1-3H3. The molecule has 0 spiro atoms. The van der Waals surface area contributed by atoms with Gasteiger partial charge in [0.15, 0.2) is 11.5 Å². The zero-order valence-electron chi connectivity index (χ0n) is 11.5. The molecule has 3 heteroatoms. The summed E-state index contributed by atoms with van der Waals surface area (Å²) < 4.78 is 10.9. The van der Waals surface area contributed by atoms with Crippen LogP contribution in [0.3, 0.4) is 0 Å². The summed E-state index contributed by atoms with van der Waals surface area (Å²) in [6.07, 6.45) is 3.95. The highest BCUT2D eigenvalue weighted by molar-refractivity contribution is 5.48. The van der Waals surface area contributed by atoms with Crippen molar-refractivity contribution in [3.05, 3.63) is 23.8 Å². The quantitative estimate of drug-likeness (QED) is 0.840. The lowest BCUT2D eigenvalue weighted by molar-refractivity contribution is 0.227. The smallest absolute Gasteiger partial charge is 0.165 e. The first-order chi connectivity index (χ1) is 8.81. The van der Waals surface area contributed by atoms with Crippen LogP contribution in [-0.4, -0.2) is 20.8 Å². The molecule has 2 rings (SSSR count). The summed E-state index contributed by atoms with van der Waals surface area (Å²) in [6.45, 7) is 3.12. The first-order valence-corrected chi connectivity index (χ1v) is 6.76. The molecule has 0 aromatic heterocycles. The lowest BCUT2D eigenvalue weighted by atomic mass is 9.77. The maximum atomic E-state index is 5.55. The van der Waals surface area contributed by atoms with E-state index in [4.69, 9.17) is 9.47 Å². The van der Waals surface area contributed by atoms with Crippen molar-refractivity contribution in [3.63, 3.8) is 0 Å². The normalized spacial score (nSPS) is 17.1. The average Bonchev–Trinajstić information content (AvgIpc) is 2.35. The lowest BCUT2D eigenvalue weighted by Crippen LogP contribution is -2.32. The van der Waals surface area contributed by atoms with Crippen molar-refractivity contribution < 1.29 is 9.47 Å². The van der Waals surface area contributed by atoms with Crippen LogP contribution in [0.1, 0.15) is 37.8 Å². The van der Waals surface area contributed by atoms with Crippen molar-refractivity contribution in [1.82, 2.24) is 5.32 Å². The number of rotatable bonds is 6. The van der Waals surface area contributed by atoms with E-state index in [1.807, 2.05) is 12.1 Å². The number of hydrogen-bond acceptors (Lipinski definition) is 3. The van der Waals surface area contributed by atoms with Crippen LogP contribution in [0.4, 0.5) is 0 Å². The summed E-state index contributed by atoms with van der Waals surface area (Å²) in [6, 6.07) is 6.52. The fourth-order valence-corrected chi connectivity index (χ4v) is 2.68. The Kier molecular flexibility index (Phi) is 4.48. The van der Waals surface area contributed by atoms with E-state index in [0.717, 1.165) is 24.0 Å². The molecule has 1 unspecified atom stereocenters. The Morgan fingerprint density at radius 2 is 2.06 bits per heavy atom. The van der Waals surface area contributed by atoms with E-state index in [1.165, 1.54) is 24.8 Å². The topological polar surface area (TPSA) is 30.5 Å². The molecule has 0 radical (unpaired) electrons. The van der Waals surface area contributed by atoms with Gasteiger partial charge >= 0.3 is 0 Å². The SMILES string of the molecule is CCNC(c1cccc(OC)c1OC)C1CCC1. The third kappa shape index (κ3) is 2.46. The molecule has 3 nitrogen and oxygen atoms in total. The predicted octanol–water partition coefficient (Wildman–Crippen LogP) is 3.15. The Morgan fingerprint density at radius 1 is 1.28 bits per heavy atom. The molecular weight excluding hydrogens is 226 g/mol. The molecule has 1 aliphatic carbocycles. The van der Waals surface area contributed by atoms with Crippen molar-refractivity contribution in [2.45, 2.75) is 32.2 Å². The van der Waals surface area contributed by atoms with Gasteiger partial charge in [-0.05, 0) is 31.4 Å². The van der Waals surface area contributed by atoms with Gasteiger partial charge in [0, 0.05) is 11.6 Å². The van der Waals surface area contributed by atoms with E-state index < -0.39 is 0 Å². The van der Waals surface area contributed by atoms with Gasteiger partial charge in [0.05, 0.1) is 14.2 Å². The van der Waals surface area contributed by atoms with E-state index in [0.29, 0.717) is 6.04 Å². The Bertz CT molecular complexity index is 388. The van der Waals surface area contributed by atoms with Gasteiger partial charge in [-0.2, -0.15) is 0 Å². The minimum Gasteiger partial charge on any atom is -0.493 e. The number of para-hydroxylation sites is 1. The molecule has 0 saturated heterocycles.